The zero-order valence-corrected chi connectivity index (χ0v) is 11.2. The van der Waals surface area contributed by atoms with Crippen LogP contribution in [0, 0.1) is 6.92 Å². The fourth-order valence-electron chi connectivity index (χ4n) is 2.11. The molecule has 3 rings (SSSR count). The number of carbonyl (C=O) groups is 3. The van der Waals surface area contributed by atoms with Gasteiger partial charge >= 0.3 is 5.97 Å². The van der Waals surface area contributed by atoms with Gasteiger partial charge in [-0.3, -0.25) is 9.59 Å². The summed E-state index contributed by atoms with van der Waals surface area (Å²) in [6.07, 6.45) is -0.152. The first-order valence-corrected chi connectivity index (χ1v) is 6.30. The molecule has 0 radical (unpaired) electrons. The van der Waals surface area contributed by atoms with E-state index in [2.05, 4.69) is 0 Å². The number of rotatable bonds is 3. The van der Waals surface area contributed by atoms with Gasteiger partial charge < -0.3 is 9.25 Å². The van der Waals surface area contributed by atoms with Gasteiger partial charge in [0.2, 0.25) is 0 Å². The summed E-state index contributed by atoms with van der Waals surface area (Å²) in [7, 11) is 0. The van der Waals surface area contributed by atoms with E-state index < -0.39 is 17.8 Å². The first-order chi connectivity index (χ1) is 10.1. The van der Waals surface area contributed by atoms with Crippen LogP contribution in [0.1, 0.15) is 32.2 Å². The second-order valence-electron chi connectivity index (χ2n) is 4.60. The number of hydrogen-bond acceptors (Lipinski definition) is 5. The van der Waals surface area contributed by atoms with Crippen molar-refractivity contribution in [1.29, 1.82) is 0 Å². The van der Waals surface area contributed by atoms with Gasteiger partial charge in [-0.05, 0) is 31.2 Å². The van der Waals surface area contributed by atoms with Gasteiger partial charge in [0.25, 0.3) is 11.8 Å². The third-order valence-electron chi connectivity index (χ3n) is 3.06. The van der Waals surface area contributed by atoms with E-state index in [9.17, 15) is 14.4 Å². The number of hydroxylamine groups is 2. The lowest BCUT2D eigenvalue weighted by molar-refractivity contribution is -0.167. The van der Waals surface area contributed by atoms with Crippen LogP contribution in [0.5, 0.6) is 0 Å². The van der Waals surface area contributed by atoms with E-state index in [0.29, 0.717) is 16.6 Å². The normalized spacial score (nSPS) is 13.5. The molecule has 0 aliphatic carbocycles. The number of hydrogen-bond donors (Lipinski definition) is 0. The van der Waals surface area contributed by atoms with E-state index in [1.807, 2.05) is 0 Å². The Morgan fingerprint density at radius 2 is 1.71 bits per heavy atom. The standard InChI is InChI=1S/C15H11NO5/c1-9-6-7-10(20-9)8-13(17)21-16-14(18)11-4-2-3-5-12(11)15(16)19/h2-7H,8H2,1H3. The van der Waals surface area contributed by atoms with Gasteiger partial charge in [-0.15, -0.1) is 0 Å². The van der Waals surface area contributed by atoms with Crippen LogP contribution in [-0.2, 0) is 16.1 Å². The SMILES string of the molecule is Cc1ccc(CC(=O)ON2C(=O)c3ccccc3C2=O)o1. The quantitative estimate of drug-likeness (QED) is 0.805. The number of imide groups is 1. The van der Waals surface area contributed by atoms with Crippen molar-refractivity contribution < 1.29 is 23.6 Å². The molecular weight excluding hydrogens is 274 g/mol. The Hall–Kier alpha value is -2.89. The maximum Gasteiger partial charge on any atom is 0.340 e. The van der Waals surface area contributed by atoms with E-state index in [4.69, 9.17) is 9.25 Å². The molecule has 0 saturated carbocycles. The van der Waals surface area contributed by atoms with Gasteiger partial charge in [0.15, 0.2) is 0 Å². The lowest BCUT2D eigenvalue weighted by atomic mass is 10.1. The highest BCUT2D eigenvalue weighted by Gasteiger charge is 2.38. The second-order valence-corrected chi connectivity index (χ2v) is 4.60. The first-order valence-electron chi connectivity index (χ1n) is 6.30. The molecule has 1 aliphatic heterocycles. The Balaban J connectivity index is 1.73. The predicted molar refractivity (Wildman–Crippen MR) is 70.2 cm³/mol. The summed E-state index contributed by atoms with van der Waals surface area (Å²) >= 11 is 0. The van der Waals surface area contributed by atoms with Gasteiger partial charge in [0.05, 0.1) is 11.1 Å². The molecule has 1 aromatic carbocycles. The zero-order valence-electron chi connectivity index (χ0n) is 11.2. The Morgan fingerprint density at radius 3 is 2.24 bits per heavy atom. The van der Waals surface area contributed by atoms with Crippen LogP contribution in [0.3, 0.4) is 0 Å². The van der Waals surface area contributed by atoms with Crippen LogP contribution in [0.4, 0.5) is 0 Å². The van der Waals surface area contributed by atoms with Gasteiger partial charge in [0.1, 0.15) is 17.9 Å². The highest BCUT2D eigenvalue weighted by molar-refractivity contribution is 6.20. The van der Waals surface area contributed by atoms with Crippen molar-refractivity contribution in [2.24, 2.45) is 0 Å². The number of benzene rings is 1. The van der Waals surface area contributed by atoms with Crippen molar-refractivity contribution in [3.63, 3.8) is 0 Å². The number of furan rings is 1. The Labute approximate surface area is 119 Å². The molecule has 1 aromatic heterocycles. The molecule has 0 saturated heterocycles. The average molecular weight is 285 g/mol. The molecule has 1 aliphatic rings. The van der Waals surface area contributed by atoms with Crippen molar-refractivity contribution >= 4 is 17.8 Å². The molecule has 2 aromatic rings. The summed E-state index contributed by atoms with van der Waals surface area (Å²) in [5, 5.41) is 0.489. The zero-order chi connectivity index (χ0) is 15.0. The minimum absolute atomic E-state index is 0.152. The van der Waals surface area contributed by atoms with Gasteiger partial charge in [-0.1, -0.05) is 17.2 Å². The topological polar surface area (TPSA) is 76.8 Å². The van der Waals surface area contributed by atoms with E-state index in [-0.39, 0.29) is 17.5 Å². The molecule has 0 spiro atoms. The highest BCUT2D eigenvalue weighted by atomic mass is 16.7. The summed E-state index contributed by atoms with van der Waals surface area (Å²) in [6.45, 7) is 1.75. The highest BCUT2D eigenvalue weighted by Crippen LogP contribution is 2.23. The van der Waals surface area contributed by atoms with Crippen LogP contribution >= 0.6 is 0 Å². The van der Waals surface area contributed by atoms with E-state index in [1.54, 1.807) is 31.2 Å². The van der Waals surface area contributed by atoms with Gasteiger partial charge in [-0.2, -0.15) is 0 Å². The van der Waals surface area contributed by atoms with Crippen LogP contribution in [0.15, 0.2) is 40.8 Å². The molecule has 2 heterocycles. The summed E-state index contributed by atoms with van der Waals surface area (Å²) in [5.41, 5.74) is 0.452. The Bertz CT molecular complexity index is 711. The lowest BCUT2D eigenvalue weighted by Crippen LogP contribution is -2.33. The van der Waals surface area contributed by atoms with Crippen LogP contribution in [-0.4, -0.2) is 22.8 Å². The van der Waals surface area contributed by atoms with Gasteiger partial charge in [0, 0.05) is 0 Å². The molecule has 0 unspecified atom stereocenters. The number of amides is 2. The average Bonchev–Trinajstić information content (AvgIpc) is 2.97. The second kappa shape index (κ2) is 4.90. The Morgan fingerprint density at radius 1 is 1.10 bits per heavy atom. The largest absolute Gasteiger partial charge is 0.466 e. The van der Waals surface area contributed by atoms with Gasteiger partial charge in [-0.25, -0.2) is 4.79 Å². The summed E-state index contributed by atoms with van der Waals surface area (Å²) in [5.74, 6) is -0.939. The number of nitrogens with zero attached hydrogens (tertiary/aromatic N) is 1. The Kier molecular flexibility index (Phi) is 3.06. The first kappa shape index (κ1) is 13.1. The minimum atomic E-state index is -0.737. The van der Waals surface area contributed by atoms with Crippen molar-refractivity contribution in [3.8, 4) is 0 Å². The number of fused-ring (bicyclic) bond motifs is 1. The molecule has 6 nitrogen and oxygen atoms in total. The maximum absolute atomic E-state index is 12.0. The summed E-state index contributed by atoms with van der Waals surface area (Å²) < 4.78 is 5.24. The maximum atomic E-state index is 12.0. The monoisotopic (exact) mass is 285 g/mol. The summed E-state index contributed by atoms with van der Waals surface area (Å²) in [4.78, 5) is 40.7. The molecule has 21 heavy (non-hydrogen) atoms. The fraction of sp³-hybridized carbons (Fsp3) is 0.133. The van der Waals surface area contributed by atoms with E-state index in [1.165, 1.54) is 12.1 Å². The lowest BCUT2D eigenvalue weighted by Gasteiger charge is -2.11. The van der Waals surface area contributed by atoms with Crippen molar-refractivity contribution in [2.75, 3.05) is 0 Å². The predicted octanol–water partition coefficient (Wildman–Crippen LogP) is 1.88. The molecule has 2 amide bonds. The number of aryl methyl sites for hydroxylation is 1. The molecule has 6 heteroatoms. The van der Waals surface area contributed by atoms with Crippen LogP contribution in [0.2, 0.25) is 0 Å². The fourth-order valence-corrected chi connectivity index (χ4v) is 2.11. The van der Waals surface area contributed by atoms with Crippen LogP contribution in [0.25, 0.3) is 0 Å². The molecule has 0 fully saturated rings. The van der Waals surface area contributed by atoms with Crippen molar-refractivity contribution in [2.45, 2.75) is 13.3 Å². The van der Waals surface area contributed by atoms with Crippen molar-refractivity contribution in [1.82, 2.24) is 5.06 Å². The molecular formula is C15H11NO5. The third-order valence-corrected chi connectivity index (χ3v) is 3.06. The van der Waals surface area contributed by atoms with E-state index in [0.717, 1.165) is 0 Å². The van der Waals surface area contributed by atoms with Crippen molar-refractivity contribution in [3.05, 3.63) is 59.0 Å². The van der Waals surface area contributed by atoms with E-state index >= 15 is 0 Å². The third kappa shape index (κ3) is 2.31. The summed E-state index contributed by atoms with van der Waals surface area (Å²) in [6, 6.07) is 9.66. The minimum Gasteiger partial charge on any atom is -0.466 e. The van der Waals surface area contributed by atoms with Crippen LogP contribution < -0.4 is 0 Å². The molecule has 0 atom stereocenters. The molecule has 106 valence electrons. The molecule has 0 bridgehead atoms. The number of carbonyl (C=O) groups excluding carboxylic acids is 3. The molecule has 0 N–H and O–H groups in total. The smallest absolute Gasteiger partial charge is 0.340 e.